The summed E-state index contributed by atoms with van der Waals surface area (Å²) in [6.07, 6.45) is 1.12. The van der Waals surface area contributed by atoms with Crippen molar-refractivity contribution < 1.29 is 17.8 Å². The third-order valence-corrected chi connectivity index (χ3v) is 4.18. The fourth-order valence-electron chi connectivity index (χ4n) is 1.80. The van der Waals surface area contributed by atoms with E-state index in [1.165, 1.54) is 18.2 Å². The fourth-order valence-corrected chi connectivity index (χ4v) is 2.51. The molecule has 2 aromatic rings. The molecule has 0 aliphatic rings. The Hall–Kier alpha value is -2.86. The summed E-state index contributed by atoms with van der Waals surface area (Å²) < 4.78 is 31.2. The number of anilines is 2. The zero-order valence-electron chi connectivity index (χ0n) is 12.6. The molecule has 0 aliphatic carbocycles. The Morgan fingerprint density at radius 2 is 1.92 bits per heavy atom. The van der Waals surface area contributed by atoms with E-state index < -0.39 is 16.0 Å². The van der Waals surface area contributed by atoms with E-state index in [4.69, 9.17) is 21.4 Å². The lowest BCUT2D eigenvalue weighted by Crippen LogP contribution is -2.14. The zero-order valence-corrected chi connectivity index (χ0v) is 14.2. The van der Waals surface area contributed by atoms with Crippen LogP contribution in [0.4, 0.5) is 11.4 Å². The van der Waals surface area contributed by atoms with Gasteiger partial charge in [0.25, 0.3) is 16.0 Å². The molecule has 0 heterocycles. The van der Waals surface area contributed by atoms with Crippen molar-refractivity contribution in [2.24, 2.45) is 0 Å². The highest BCUT2D eigenvalue weighted by atomic mass is 35.5. The van der Waals surface area contributed by atoms with Crippen molar-refractivity contribution >= 4 is 39.0 Å². The number of rotatable bonds is 5. The van der Waals surface area contributed by atoms with Gasteiger partial charge in [0.15, 0.2) is 0 Å². The molecule has 0 spiro atoms. The highest BCUT2D eigenvalue weighted by Gasteiger charge is 2.12. The van der Waals surface area contributed by atoms with E-state index >= 15 is 0 Å². The number of carbonyl (C=O) groups excluding carboxylic acids is 1. The van der Waals surface area contributed by atoms with Gasteiger partial charge in [-0.25, -0.2) is 0 Å². The number of benzene rings is 2. The van der Waals surface area contributed by atoms with E-state index in [2.05, 4.69) is 10.6 Å². The Balaban J connectivity index is 2.17. The first-order chi connectivity index (χ1) is 11.8. The summed E-state index contributed by atoms with van der Waals surface area (Å²) in [4.78, 5) is 11.8. The third-order valence-electron chi connectivity index (χ3n) is 3.00. The van der Waals surface area contributed by atoms with Crippen LogP contribution in [0.5, 0.6) is 0 Å². The first kappa shape index (κ1) is 18.5. The molecule has 7 nitrogen and oxygen atoms in total. The molecule has 0 aromatic heterocycles. The number of nitrogens with one attached hydrogen (secondary N) is 2. The number of nitrogens with zero attached hydrogens (tertiary/aromatic N) is 1. The predicted molar refractivity (Wildman–Crippen MR) is 93.7 cm³/mol. The molecule has 0 saturated heterocycles. The van der Waals surface area contributed by atoms with Gasteiger partial charge in [0.05, 0.1) is 15.6 Å². The quantitative estimate of drug-likeness (QED) is 0.418. The lowest BCUT2D eigenvalue weighted by atomic mass is 10.2. The molecule has 128 valence electrons. The summed E-state index contributed by atoms with van der Waals surface area (Å²) in [6.45, 7) is 0. The molecule has 0 atom stereocenters. The SMILES string of the molecule is N#C/C(=C/Nc1cccc(S(=O)(=O)O)c1)C(=O)Nc1ccccc1Cl. The van der Waals surface area contributed by atoms with E-state index in [0.717, 1.165) is 12.3 Å². The Bertz CT molecular complexity index is 981. The molecule has 2 aromatic carbocycles. The summed E-state index contributed by atoms with van der Waals surface area (Å²) in [5, 5.41) is 14.6. The minimum absolute atomic E-state index is 0.253. The highest BCUT2D eigenvalue weighted by molar-refractivity contribution is 7.85. The van der Waals surface area contributed by atoms with Crippen LogP contribution in [0, 0.1) is 11.3 Å². The predicted octanol–water partition coefficient (Wildman–Crippen LogP) is 3.04. The lowest BCUT2D eigenvalue weighted by molar-refractivity contribution is -0.112. The molecule has 0 fully saturated rings. The van der Waals surface area contributed by atoms with Crippen LogP contribution in [0.25, 0.3) is 0 Å². The van der Waals surface area contributed by atoms with Gasteiger partial charge in [-0.05, 0) is 30.3 Å². The van der Waals surface area contributed by atoms with Gasteiger partial charge in [-0.2, -0.15) is 13.7 Å². The normalized spacial score (nSPS) is 11.5. The van der Waals surface area contributed by atoms with Crippen molar-refractivity contribution in [1.82, 2.24) is 0 Å². The molecular formula is C16H12ClN3O4S. The molecule has 3 N–H and O–H groups in total. The Kier molecular flexibility index (Phi) is 5.77. The van der Waals surface area contributed by atoms with Gasteiger partial charge in [0.2, 0.25) is 0 Å². The van der Waals surface area contributed by atoms with Crippen molar-refractivity contribution in [3.63, 3.8) is 0 Å². The molecule has 0 saturated carbocycles. The first-order valence-corrected chi connectivity index (χ1v) is 8.63. The average molecular weight is 378 g/mol. The lowest BCUT2D eigenvalue weighted by Gasteiger charge is -2.07. The molecule has 1 amide bonds. The molecule has 0 bridgehead atoms. The van der Waals surface area contributed by atoms with Crippen molar-refractivity contribution in [1.29, 1.82) is 5.26 Å². The maximum Gasteiger partial charge on any atom is 0.294 e. The van der Waals surface area contributed by atoms with Crippen LogP contribution in [-0.4, -0.2) is 18.9 Å². The molecule has 2 rings (SSSR count). The standard InChI is InChI=1S/C16H12ClN3O4S/c17-14-6-1-2-7-15(14)20-16(21)11(9-18)10-19-12-4-3-5-13(8-12)25(22,23)24/h1-8,10,19H,(H,20,21)(H,22,23,24)/b11-10-. The Labute approximate surface area is 149 Å². The summed E-state index contributed by atoms with van der Waals surface area (Å²) in [5.74, 6) is -0.686. The third kappa shape index (κ3) is 5.06. The Morgan fingerprint density at radius 1 is 1.20 bits per heavy atom. The number of hydrogen-bond acceptors (Lipinski definition) is 5. The van der Waals surface area contributed by atoms with Gasteiger partial charge in [-0.15, -0.1) is 0 Å². The average Bonchev–Trinajstić information content (AvgIpc) is 2.57. The highest BCUT2D eigenvalue weighted by Crippen LogP contribution is 2.21. The van der Waals surface area contributed by atoms with Crippen molar-refractivity contribution in [2.45, 2.75) is 4.90 Å². The number of nitriles is 1. The summed E-state index contributed by atoms with van der Waals surface area (Å²) >= 11 is 5.94. The summed E-state index contributed by atoms with van der Waals surface area (Å²) in [7, 11) is -4.35. The van der Waals surface area contributed by atoms with Gasteiger partial charge in [-0.1, -0.05) is 29.8 Å². The van der Waals surface area contributed by atoms with Crippen molar-refractivity contribution in [2.75, 3.05) is 10.6 Å². The second-order valence-corrected chi connectivity index (χ2v) is 6.58. The van der Waals surface area contributed by atoms with Crippen molar-refractivity contribution in [3.05, 3.63) is 65.3 Å². The number of para-hydroxylation sites is 1. The van der Waals surface area contributed by atoms with Gasteiger partial charge in [-0.3, -0.25) is 9.35 Å². The molecule has 0 unspecified atom stereocenters. The first-order valence-electron chi connectivity index (χ1n) is 6.81. The van der Waals surface area contributed by atoms with E-state index in [9.17, 15) is 13.2 Å². The van der Waals surface area contributed by atoms with Crippen LogP contribution in [0.2, 0.25) is 5.02 Å². The van der Waals surface area contributed by atoms with E-state index in [1.54, 1.807) is 30.3 Å². The molecule has 0 radical (unpaired) electrons. The van der Waals surface area contributed by atoms with Gasteiger partial charge in [0, 0.05) is 11.9 Å². The van der Waals surface area contributed by atoms with E-state index in [-0.39, 0.29) is 16.2 Å². The van der Waals surface area contributed by atoms with Crippen LogP contribution in [0.1, 0.15) is 0 Å². The van der Waals surface area contributed by atoms with E-state index in [1.807, 2.05) is 0 Å². The maximum atomic E-state index is 12.1. The van der Waals surface area contributed by atoms with E-state index in [0.29, 0.717) is 10.7 Å². The Morgan fingerprint density at radius 3 is 2.56 bits per heavy atom. The van der Waals surface area contributed by atoms with Gasteiger partial charge >= 0.3 is 0 Å². The number of amides is 1. The minimum atomic E-state index is -4.35. The van der Waals surface area contributed by atoms with Crippen LogP contribution in [0.15, 0.2) is 65.2 Å². The monoisotopic (exact) mass is 377 g/mol. The van der Waals surface area contributed by atoms with Gasteiger partial charge in [0.1, 0.15) is 11.6 Å². The minimum Gasteiger partial charge on any atom is -0.360 e. The molecular weight excluding hydrogens is 366 g/mol. The molecule has 25 heavy (non-hydrogen) atoms. The zero-order chi connectivity index (χ0) is 18.4. The van der Waals surface area contributed by atoms with Gasteiger partial charge < -0.3 is 10.6 Å². The van der Waals surface area contributed by atoms with Crippen LogP contribution >= 0.6 is 11.6 Å². The van der Waals surface area contributed by atoms with Crippen LogP contribution < -0.4 is 10.6 Å². The molecule has 0 aliphatic heterocycles. The summed E-state index contributed by atoms with van der Waals surface area (Å²) in [5.41, 5.74) is 0.370. The van der Waals surface area contributed by atoms with Crippen molar-refractivity contribution in [3.8, 4) is 6.07 Å². The largest absolute Gasteiger partial charge is 0.360 e. The topological polar surface area (TPSA) is 119 Å². The van der Waals surface area contributed by atoms with Crippen LogP contribution in [0.3, 0.4) is 0 Å². The smallest absolute Gasteiger partial charge is 0.294 e. The molecule has 9 heteroatoms. The maximum absolute atomic E-state index is 12.1. The van der Waals surface area contributed by atoms with Crippen LogP contribution in [-0.2, 0) is 14.9 Å². The summed E-state index contributed by atoms with van der Waals surface area (Å²) in [6, 6.07) is 13.5. The second-order valence-electron chi connectivity index (χ2n) is 4.75. The second kappa shape index (κ2) is 7.81. The number of carbonyl (C=O) groups is 1. The number of hydrogen-bond donors (Lipinski definition) is 3. The number of halogens is 1. The fraction of sp³-hybridized carbons (Fsp3) is 0.